The molecule has 1 aromatic heterocycles. The summed E-state index contributed by atoms with van der Waals surface area (Å²) in [7, 11) is 0. The van der Waals surface area contributed by atoms with E-state index in [0.717, 1.165) is 29.0 Å². The Hall–Kier alpha value is -3.13. The van der Waals surface area contributed by atoms with Crippen LogP contribution < -0.4 is 0 Å². The third kappa shape index (κ3) is 7.18. The Kier molecular flexibility index (Phi) is 8.87. The molecule has 0 spiro atoms. The number of hydrogen-bond acceptors (Lipinski definition) is 3. The van der Waals surface area contributed by atoms with E-state index in [-0.39, 0.29) is 24.6 Å². The van der Waals surface area contributed by atoms with E-state index in [4.69, 9.17) is 0 Å². The maximum atomic E-state index is 13.4. The lowest BCUT2D eigenvalue weighted by molar-refractivity contribution is -0.137. The zero-order valence-corrected chi connectivity index (χ0v) is 19.7. The summed E-state index contributed by atoms with van der Waals surface area (Å²) in [4.78, 5) is 30.6. The van der Waals surface area contributed by atoms with E-state index >= 15 is 0 Å². The fourth-order valence-electron chi connectivity index (χ4n) is 3.50. The Balaban J connectivity index is 1.82. The van der Waals surface area contributed by atoms with Gasteiger partial charge in [0.1, 0.15) is 6.54 Å². The number of nitrogens with zero attached hydrogens (tertiary/aromatic N) is 2. The smallest absolute Gasteiger partial charge is 0.332 e. The fourth-order valence-corrected chi connectivity index (χ4v) is 4.22. The van der Waals surface area contributed by atoms with Crippen LogP contribution in [0.25, 0.3) is 0 Å². The van der Waals surface area contributed by atoms with Crippen molar-refractivity contribution in [3.05, 3.63) is 93.7 Å². The van der Waals surface area contributed by atoms with Crippen molar-refractivity contribution in [3.63, 3.8) is 0 Å². The molecule has 0 N–H and O–H groups in total. The molecule has 0 bridgehead atoms. The average Bonchev–Trinajstić information content (AvgIpc) is 3.34. The molecule has 0 unspecified atom stereocenters. The van der Waals surface area contributed by atoms with Gasteiger partial charge in [-0.2, -0.15) is 13.2 Å². The molecule has 0 saturated carbocycles. The zero-order valence-electron chi connectivity index (χ0n) is 18.9. The largest absolute Gasteiger partial charge is 0.416 e. The molecule has 4 nitrogen and oxygen atoms in total. The van der Waals surface area contributed by atoms with Gasteiger partial charge in [-0.3, -0.25) is 9.59 Å². The van der Waals surface area contributed by atoms with Crippen molar-refractivity contribution in [1.29, 1.82) is 0 Å². The second-order valence-corrected chi connectivity index (χ2v) is 9.01. The van der Waals surface area contributed by atoms with Gasteiger partial charge >= 0.3 is 6.18 Å². The molecule has 3 aromatic rings. The average molecular weight is 489 g/mol. The molecule has 0 atom stereocenters. The highest BCUT2D eigenvalue weighted by molar-refractivity contribution is 7.09. The van der Waals surface area contributed by atoms with Gasteiger partial charge in [0, 0.05) is 23.5 Å². The minimum Gasteiger partial charge on any atom is -0.332 e. The second-order valence-electron chi connectivity index (χ2n) is 7.97. The van der Waals surface area contributed by atoms with Gasteiger partial charge in [0.2, 0.25) is 5.91 Å². The van der Waals surface area contributed by atoms with Crippen LogP contribution in [0, 0.1) is 0 Å². The number of hydrogen-bond donors (Lipinski definition) is 0. The SMILES string of the molecule is CCCCN(CC(=O)N(Cc1ccccc1)Cc1cccs1)C(=O)c1cccc(C(F)(F)F)c1. The van der Waals surface area contributed by atoms with Crippen molar-refractivity contribution in [2.24, 2.45) is 0 Å². The van der Waals surface area contributed by atoms with Gasteiger partial charge in [-0.25, -0.2) is 0 Å². The van der Waals surface area contributed by atoms with E-state index < -0.39 is 17.6 Å². The molecule has 8 heteroatoms. The van der Waals surface area contributed by atoms with Gasteiger partial charge < -0.3 is 9.80 Å². The van der Waals surface area contributed by atoms with Crippen LogP contribution >= 0.6 is 11.3 Å². The predicted molar refractivity (Wildman–Crippen MR) is 127 cm³/mol. The highest BCUT2D eigenvalue weighted by Crippen LogP contribution is 2.29. The van der Waals surface area contributed by atoms with Crippen molar-refractivity contribution in [2.75, 3.05) is 13.1 Å². The minimum absolute atomic E-state index is 0.0772. The van der Waals surface area contributed by atoms with Crippen molar-refractivity contribution >= 4 is 23.2 Å². The molecule has 34 heavy (non-hydrogen) atoms. The van der Waals surface area contributed by atoms with Crippen molar-refractivity contribution in [3.8, 4) is 0 Å². The molecule has 1 heterocycles. The van der Waals surface area contributed by atoms with Gasteiger partial charge in [0.15, 0.2) is 0 Å². The van der Waals surface area contributed by atoms with E-state index in [9.17, 15) is 22.8 Å². The third-order valence-corrected chi connectivity index (χ3v) is 6.19. The molecule has 0 saturated heterocycles. The first-order chi connectivity index (χ1) is 16.3. The first-order valence-electron chi connectivity index (χ1n) is 11.1. The van der Waals surface area contributed by atoms with Crippen LogP contribution in [0.3, 0.4) is 0 Å². The van der Waals surface area contributed by atoms with E-state index in [1.165, 1.54) is 28.4 Å². The summed E-state index contributed by atoms with van der Waals surface area (Å²) in [6.07, 6.45) is -3.13. The molecule has 0 aliphatic heterocycles. The number of thiophene rings is 1. The van der Waals surface area contributed by atoms with Crippen LogP contribution in [0.15, 0.2) is 72.1 Å². The molecule has 0 aliphatic rings. The first-order valence-corrected chi connectivity index (χ1v) is 12.0. The Morgan fingerprint density at radius 3 is 2.32 bits per heavy atom. The van der Waals surface area contributed by atoms with Crippen LogP contribution in [0.2, 0.25) is 0 Å². The number of carbonyl (C=O) groups excluding carboxylic acids is 2. The molecule has 0 aliphatic carbocycles. The maximum absolute atomic E-state index is 13.4. The monoisotopic (exact) mass is 488 g/mol. The van der Waals surface area contributed by atoms with Crippen molar-refractivity contribution in [1.82, 2.24) is 9.80 Å². The van der Waals surface area contributed by atoms with Gasteiger partial charge in [-0.15, -0.1) is 11.3 Å². The van der Waals surface area contributed by atoms with E-state index in [0.29, 0.717) is 19.5 Å². The Bertz CT molecular complexity index is 1070. The van der Waals surface area contributed by atoms with E-state index in [1.54, 1.807) is 4.90 Å². The van der Waals surface area contributed by atoms with E-state index in [2.05, 4.69) is 0 Å². The summed E-state index contributed by atoms with van der Waals surface area (Å²) >= 11 is 1.54. The van der Waals surface area contributed by atoms with Gasteiger partial charge in [0.05, 0.1) is 12.1 Å². The molecule has 180 valence electrons. The highest BCUT2D eigenvalue weighted by atomic mass is 32.1. The summed E-state index contributed by atoms with van der Waals surface area (Å²) in [5, 5.41) is 1.94. The van der Waals surface area contributed by atoms with Crippen LogP contribution in [0.1, 0.15) is 46.1 Å². The lowest BCUT2D eigenvalue weighted by Crippen LogP contribution is -2.43. The third-order valence-electron chi connectivity index (χ3n) is 5.33. The Morgan fingerprint density at radius 1 is 0.912 bits per heavy atom. The number of unbranched alkanes of at least 4 members (excludes halogenated alkanes) is 1. The maximum Gasteiger partial charge on any atom is 0.416 e. The predicted octanol–water partition coefficient (Wildman–Crippen LogP) is 6.24. The lowest BCUT2D eigenvalue weighted by Gasteiger charge is -2.28. The standard InChI is InChI=1S/C26H27F3N2O2S/c1-2-3-14-30(25(33)21-11-7-12-22(16-21)26(27,28)29)19-24(32)31(18-23-13-8-15-34-23)17-20-9-5-4-6-10-20/h4-13,15-16H,2-3,14,17-19H2,1H3. The quantitative estimate of drug-likeness (QED) is 0.339. The van der Waals surface area contributed by atoms with Gasteiger partial charge in [-0.05, 0) is 41.6 Å². The molecule has 0 fully saturated rings. The fraction of sp³-hybridized carbons (Fsp3) is 0.308. The van der Waals surface area contributed by atoms with Crippen molar-refractivity contribution < 1.29 is 22.8 Å². The number of alkyl halides is 3. The number of benzene rings is 2. The van der Waals surface area contributed by atoms with Crippen LogP contribution in [-0.2, 0) is 24.1 Å². The van der Waals surface area contributed by atoms with Crippen LogP contribution in [0.4, 0.5) is 13.2 Å². The summed E-state index contributed by atoms with van der Waals surface area (Å²) in [6.45, 7) is 2.80. The zero-order chi connectivity index (χ0) is 24.6. The second kappa shape index (κ2) is 11.8. The highest BCUT2D eigenvalue weighted by Gasteiger charge is 2.31. The topological polar surface area (TPSA) is 40.6 Å². The van der Waals surface area contributed by atoms with E-state index in [1.807, 2.05) is 54.8 Å². The summed E-state index contributed by atoms with van der Waals surface area (Å²) in [5.41, 5.74) is -0.00756. The molecular weight excluding hydrogens is 461 g/mol. The first kappa shape index (κ1) is 25.5. The van der Waals surface area contributed by atoms with Crippen molar-refractivity contribution in [2.45, 2.75) is 39.0 Å². The molecule has 2 aromatic carbocycles. The van der Waals surface area contributed by atoms with Gasteiger partial charge in [-0.1, -0.05) is 55.8 Å². The number of halogens is 3. The number of carbonyl (C=O) groups is 2. The molecule has 2 amide bonds. The van der Waals surface area contributed by atoms with Crippen LogP contribution in [-0.4, -0.2) is 34.7 Å². The summed E-state index contributed by atoms with van der Waals surface area (Å²) in [5.74, 6) is -0.836. The number of rotatable bonds is 10. The van der Waals surface area contributed by atoms with Crippen LogP contribution in [0.5, 0.6) is 0 Å². The molecule has 0 radical (unpaired) electrons. The summed E-state index contributed by atoms with van der Waals surface area (Å²) < 4.78 is 39.5. The Labute approximate surface area is 201 Å². The summed E-state index contributed by atoms with van der Waals surface area (Å²) in [6, 6.07) is 17.8. The Morgan fingerprint density at radius 2 is 1.68 bits per heavy atom. The normalized spacial score (nSPS) is 11.3. The minimum atomic E-state index is -4.55. The number of amides is 2. The molecular formula is C26H27F3N2O2S. The van der Waals surface area contributed by atoms with Gasteiger partial charge in [0.25, 0.3) is 5.91 Å². The lowest BCUT2D eigenvalue weighted by atomic mass is 10.1. The molecule has 3 rings (SSSR count).